The van der Waals surface area contributed by atoms with E-state index in [-0.39, 0.29) is 6.54 Å². The minimum atomic E-state index is -0.809. The molecule has 0 bridgehead atoms. The van der Waals surface area contributed by atoms with Crippen molar-refractivity contribution < 1.29 is 9.59 Å². The van der Waals surface area contributed by atoms with Crippen molar-refractivity contribution in [3.05, 3.63) is 35.9 Å². The fourth-order valence-corrected chi connectivity index (χ4v) is 1.34. The predicted octanol–water partition coefficient (Wildman–Crippen LogP) is -0.0296. The van der Waals surface area contributed by atoms with Gasteiger partial charge in [-0.1, -0.05) is 30.3 Å². The van der Waals surface area contributed by atoms with Crippen LogP contribution in [0.4, 0.5) is 0 Å². The molecule has 0 fully saturated rings. The second-order valence-corrected chi connectivity index (χ2v) is 3.56. The Bertz CT molecular complexity index is 437. The number of rotatable bonds is 5. The molecule has 0 saturated carbocycles. The lowest BCUT2D eigenvalue weighted by atomic mass is 10.00. The largest absolute Gasteiger partial charge is 0.368 e. The monoisotopic (exact) mass is 231 g/mol. The van der Waals surface area contributed by atoms with Gasteiger partial charge in [0.1, 0.15) is 5.92 Å². The quantitative estimate of drug-likeness (QED) is 0.744. The standard InChI is InChI=1S/C12H13N3O2/c13-7-10(12(17)15-8-11(14)16)6-9-4-2-1-3-5-9/h1-5,10H,6,8H2,(H2,14,16)(H,15,17). The Morgan fingerprint density at radius 2 is 2.00 bits per heavy atom. The molecule has 0 aliphatic carbocycles. The lowest BCUT2D eigenvalue weighted by Crippen LogP contribution is -2.37. The van der Waals surface area contributed by atoms with E-state index in [2.05, 4.69) is 5.32 Å². The van der Waals surface area contributed by atoms with Crippen LogP contribution in [-0.4, -0.2) is 18.4 Å². The second kappa shape index (κ2) is 6.28. The van der Waals surface area contributed by atoms with Crippen LogP contribution in [0.5, 0.6) is 0 Å². The number of nitrogens with one attached hydrogen (secondary N) is 1. The molecule has 1 unspecified atom stereocenters. The van der Waals surface area contributed by atoms with E-state index in [1.54, 1.807) is 0 Å². The van der Waals surface area contributed by atoms with Crippen molar-refractivity contribution in [3.8, 4) is 6.07 Å². The van der Waals surface area contributed by atoms with Gasteiger partial charge in [0.2, 0.25) is 11.8 Å². The smallest absolute Gasteiger partial charge is 0.238 e. The molecule has 5 nitrogen and oxygen atoms in total. The minimum absolute atomic E-state index is 0.244. The fourth-order valence-electron chi connectivity index (χ4n) is 1.34. The summed E-state index contributed by atoms with van der Waals surface area (Å²) >= 11 is 0. The highest BCUT2D eigenvalue weighted by molar-refractivity contribution is 5.86. The van der Waals surface area contributed by atoms with Gasteiger partial charge >= 0.3 is 0 Å². The third kappa shape index (κ3) is 4.34. The van der Waals surface area contributed by atoms with Crippen LogP contribution in [0, 0.1) is 17.2 Å². The first-order valence-electron chi connectivity index (χ1n) is 5.13. The molecule has 0 spiro atoms. The fraction of sp³-hybridized carbons (Fsp3) is 0.250. The summed E-state index contributed by atoms with van der Waals surface area (Å²) in [5, 5.41) is 11.2. The number of hydrogen-bond acceptors (Lipinski definition) is 3. The molecule has 1 rings (SSSR count). The molecule has 0 aliphatic rings. The molecule has 0 aromatic heterocycles. The second-order valence-electron chi connectivity index (χ2n) is 3.56. The van der Waals surface area contributed by atoms with Crippen molar-refractivity contribution >= 4 is 11.8 Å². The van der Waals surface area contributed by atoms with E-state index in [0.717, 1.165) is 5.56 Å². The number of nitriles is 1. The first kappa shape index (κ1) is 12.7. The molecule has 1 atom stereocenters. The van der Waals surface area contributed by atoms with E-state index in [1.165, 1.54) is 0 Å². The van der Waals surface area contributed by atoms with Crippen LogP contribution in [0.3, 0.4) is 0 Å². The molecule has 1 aromatic carbocycles. The average Bonchev–Trinajstić information content (AvgIpc) is 2.34. The topological polar surface area (TPSA) is 96.0 Å². The highest BCUT2D eigenvalue weighted by atomic mass is 16.2. The zero-order valence-electron chi connectivity index (χ0n) is 9.22. The van der Waals surface area contributed by atoms with Crippen LogP contribution in [-0.2, 0) is 16.0 Å². The molecule has 2 amide bonds. The Labute approximate surface area is 99.2 Å². The Kier molecular flexibility index (Phi) is 4.70. The molecule has 3 N–H and O–H groups in total. The summed E-state index contributed by atoms with van der Waals surface area (Å²) < 4.78 is 0. The van der Waals surface area contributed by atoms with Crippen molar-refractivity contribution in [2.24, 2.45) is 11.7 Å². The molecule has 0 aliphatic heterocycles. The zero-order chi connectivity index (χ0) is 12.7. The Hall–Kier alpha value is -2.35. The van der Waals surface area contributed by atoms with Gasteiger partial charge in [-0.25, -0.2) is 0 Å². The van der Waals surface area contributed by atoms with Crippen LogP contribution >= 0.6 is 0 Å². The van der Waals surface area contributed by atoms with Gasteiger partial charge in [-0.05, 0) is 12.0 Å². The summed E-state index contributed by atoms with van der Waals surface area (Å²) in [6.45, 7) is -0.244. The number of hydrogen-bond donors (Lipinski definition) is 2. The van der Waals surface area contributed by atoms with E-state index in [9.17, 15) is 9.59 Å². The first-order chi connectivity index (χ1) is 8.13. The number of carbonyl (C=O) groups is 2. The van der Waals surface area contributed by atoms with Gasteiger partial charge in [0.05, 0.1) is 12.6 Å². The van der Waals surface area contributed by atoms with Crippen molar-refractivity contribution in [2.45, 2.75) is 6.42 Å². The summed E-state index contributed by atoms with van der Waals surface area (Å²) in [5.74, 6) is -1.92. The molecular weight excluding hydrogens is 218 g/mol. The highest BCUT2D eigenvalue weighted by Crippen LogP contribution is 2.07. The van der Waals surface area contributed by atoms with Crippen LogP contribution in [0.1, 0.15) is 5.56 Å². The third-order valence-electron chi connectivity index (χ3n) is 2.19. The molecule has 0 saturated heterocycles. The number of benzene rings is 1. The summed E-state index contributed by atoms with van der Waals surface area (Å²) in [6.07, 6.45) is 0.321. The highest BCUT2D eigenvalue weighted by Gasteiger charge is 2.18. The van der Waals surface area contributed by atoms with Gasteiger partial charge in [0.15, 0.2) is 0 Å². The van der Waals surface area contributed by atoms with Crippen LogP contribution < -0.4 is 11.1 Å². The van der Waals surface area contributed by atoms with Crippen molar-refractivity contribution in [1.82, 2.24) is 5.32 Å². The zero-order valence-corrected chi connectivity index (χ0v) is 9.22. The summed E-state index contributed by atoms with van der Waals surface area (Å²) in [6, 6.07) is 11.1. The third-order valence-corrected chi connectivity index (χ3v) is 2.19. The number of nitrogens with zero attached hydrogens (tertiary/aromatic N) is 1. The summed E-state index contributed by atoms with van der Waals surface area (Å²) in [4.78, 5) is 22.0. The van der Waals surface area contributed by atoms with Gasteiger partial charge in [-0.2, -0.15) is 5.26 Å². The molecular formula is C12H13N3O2. The average molecular weight is 231 g/mol. The Balaban J connectivity index is 2.57. The van der Waals surface area contributed by atoms with Crippen molar-refractivity contribution in [3.63, 3.8) is 0 Å². The van der Waals surface area contributed by atoms with Gasteiger partial charge in [0, 0.05) is 0 Å². The van der Waals surface area contributed by atoms with Gasteiger partial charge < -0.3 is 11.1 Å². The Morgan fingerprint density at radius 3 is 2.53 bits per heavy atom. The Morgan fingerprint density at radius 1 is 1.35 bits per heavy atom. The number of primary amides is 1. The van der Waals surface area contributed by atoms with Gasteiger partial charge in [-0.3, -0.25) is 9.59 Å². The minimum Gasteiger partial charge on any atom is -0.368 e. The predicted molar refractivity (Wildman–Crippen MR) is 61.5 cm³/mol. The van der Waals surface area contributed by atoms with E-state index in [0.29, 0.717) is 6.42 Å². The number of carbonyl (C=O) groups excluding carboxylic acids is 2. The van der Waals surface area contributed by atoms with Crippen LogP contribution in [0.25, 0.3) is 0 Å². The van der Waals surface area contributed by atoms with Gasteiger partial charge in [-0.15, -0.1) is 0 Å². The molecule has 5 heteroatoms. The van der Waals surface area contributed by atoms with E-state index >= 15 is 0 Å². The van der Waals surface area contributed by atoms with E-state index in [1.807, 2.05) is 36.4 Å². The van der Waals surface area contributed by atoms with E-state index in [4.69, 9.17) is 11.0 Å². The van der Waals surface area contributed by atoms with Gasteiger partial charge in [0.25, 0.3) is 0 Å². The number of amides is 2. The molecule has 17 heavy (non-hydrogen) atoms. The van der Waals surface area contributed by atoms with Crippen molar-refractivity contribution in [1.29, 1.82) is 5.26 Å². The molecule has 0 heterocycles. The maximum atomic E-state index is 11.5. The lowest BCUT2D eigenvalue weighted by Gasteiger charge is -2.08. The van der Waals surface area contributed by atoms with Crippen molar-refractivity contribution in [2.75, 3.05) is 6.54 Å². The first-order valence-corrected chi connectivity index (χ1v) is 5.13. The molecule has 1 aromatic rings. The maximum absolute atomic E-state index is 11.5. The molecule has 0 radical (unpaired) electrons. The summed E-state index contributed by atoms with van der Waals surface area (Å²) in [7, 11) is 0. The van der Waals surface area contributed by atoms with Crippen LogP contribution in [0.15, 0.2) is 30.3 Å². The SMILES string of the molecule is N#CC(Cc1ccccc1)C(=O)NCC(N)=O. The maximum Gasteiger partial charge on any atom is 0.238 e. The molecule has 88 valence electrons. The number of nitrogens with two attached hydrogens (primary N) is 1. The normalized spacial score (nSPS) is 11.2. The summed E-state index contributed by atoms with van der Waals surface area (Å²) in [5.41, 5.74) is 5.79. The van der Waals surface area contributed by atoms with Crippen LogP contribution in [0.2, 0.25) is 0 Å². The van der Waals surface area contributed by atoms with E-state index < -0.39 is 17.7 Å². The lowest BCUT2D eigenvalue weighted by molar-refractivity contribution is -0.126.